The molecule has 4 nitrogen and oxygen atoms in total. The van der Waals surface area contributed by atoms with Crippen LogP contribution in [0, 0.1) is 0 Å². The largest absolute Gasteiger partial charge is 0.495 e. The van der Waals surface area contributed by atoms with Gasteiger partial charge < -0.3 is 10.1 Å². The average Bonchev–Trinajstić information content (AvgIpc) is 3.02. The van der Waals surface area contributed by atoms with Gasteiger partial charge in [0.2, 0.25) is 0 Å². The zero-order valence-electron chi connectivity index (χ0n) is 17.7. The van der Waals surface area contributed by atoms with Gasteiger partial charge in [-0.05, 0) is 42.7 Å². The molecule has 2 aliphatic rings. The van der Waals surface area contributed by atoms with Crippen LogP contribution in [0.25, 0.3) is 10.8 Å². The number of rotatable bonds is 5. The van der Waals surface area contributed by atoms with E-state index in [4.69, 9.17) is 4.74 Å². The van der Waals surface area contributed by atoms with Crippen LogP contribution in [0.4, 0.5) is 0 Å². The number of carbonyl (C=O) groups is 1. The summed E-state index contributed by atoms with van der Waals surface area (Å²) in [4.78, 5) is 15.9. The molecular weight excluding hydrogens is 452 g/mol. The first-order valence-electron chi connectivity index (χ1n) is 11.0. The van der Waals surface area contributed by atoms with Gasteiger partial charge in [0, 0.05) is 34.5 Å². The minimum absolute atomic E-state index is 0.0517. The van der Waals surface area contributed by atoms with E-state index in [1.165, 1.54) is 18.4 Å². The number of carbonyl (C=O) groups excluding carboxylic acids is 1. The molecule has 5 rings (SSSR count). The third kappa shape index (κ3) is 3.97. The Morgan fingerprint density at radius 2 is 1.68 bits per heavy atom. The number of piperidine rings is 1. The quantitative estimate of drug-likeness (QED) is 0.523. The van der Waals surface area contributed by atoms with E-state index in [1.807, 2.05) is 30.3 Å². The number of methoxy groups -OCH3 is 1. The van der Waals surface area contributed by atoms with Gasteiger partial charge >= 0.3 is 0 Å². The lowest BCUT2D eigenvalue weighted by Gasteiger charge is -2.39. The Morgan fingerprint density at radius 1 is 1.03 bits per heavy atom. The van der Waals surface area contributed by atoms with Crippen LogP contribution in [-0.4, -0.2) is 36.0 Å². The Kier molecular flexibility index (Phi) is 5.72. The fourth-order valence-corrected chi connectivity index (χ4v) is 5.98. The number of halogens is 1. The van der Waals surface area contributed by atoms with Gasteiger partial charge in [0.25, 0.3) is 5.91 Å². The van der Waals surface area contributed by atoms with E-state index in [9.17, 15) is 4.79 Å². The third-order valence-electron chi connectivity index (χ3n) is 6.82. The van der Waals surface area contributed by atoms with Crippen LogP contribution >= 0.6 is 15.9 Å². The smallest absolute Gasteiger partial charge is 0.255 e. The molecule has 1 amide bonds. The van der Waals surface area contributed by atoms with Gasteiger partial charge in [-0.3, -0.25) is 9.69 Å². The van der Waals surface area contributed by atoms with Gasteiger partial charge in [0.1, 0.15) is 5.75 Å². The molecule has 31 heavy (non-hydrogen) atoms. The first-order valence-corrected chi connectivity index (χ1v) is 11.8. The molecule has 2 fully saturated rings. The van der Waals surface area contributed by atoms with Crippen molar-refractivity contribution in [2.75, 3.05) is 7.11 Å². The summed E-state index contributed by atoms with van der Waals surface area (Å²) in [5, 5.41) is 5.31. The van der Waals surface area contributed by atoms with E-state index in [0.29, 0.717) is 23.4 Å². The normalized spacial score (nSPS) is 23.1. The Balaban J connectivity index is 1.32. The highest BCUT2D eigenvalue weighted by molar-refractivity contribution is 9.10. The second-order valence-electron chi connectivity index (χ2n) is 8.67. The molecule has 160 valence electrons. The summed E-state index contributed by atoms with van der Waals surface area (Å²) in [6.45, 7) is 1.00. The van der Waals surface area contributed by atoms with E-state index in [-0.39, 0.29) is 11.9 Å². The lowest BCUT2D eigenvalue weighted by Crippen LogP contribution is -2.50. The Labute approximate surface area is 191 Å². The SMILES string of the molecule is COc1c(C(=O)NC2CC3CCC(C2)N3Cc2ccccc2)cc(Br)c2ccccc12. The number of hydrogen-bond acceptors (Lipinski definition) is 3. The topological polar surface area (TPSA) is 41.6 Å². The number of hydrogen-bond donors (Lipinski definition) is 1. The van der Waals surface area contributed by atoms with E-state index >= 15 is 0 Å². The van der Waals surface area contributed by atoms with Crippen molar-refractivity contribution in [3.8, 4) is 5.75 Å². The van der Waals surface area contributed by atoms with Crippen molar-refractivity contribution in [3.63, 3.8) is 0 Å². The van der Waals surface area contributed by atoms with Gasteiger partial charge in [-0.1, -0.05) is 70.5 Å². The lowest BCUT2D eigenvalue weighted by atomic mass is 9.96. The summed E-state index contributed by atoms with van der Waals surface area (Å²) in [5.41, 5.74) is 1.96. The van der Waals surface area contributed by atoms with Crippen LogP contribution in [0.1, 0.15) is 41.6 Å². The Morgan fingerprint density at radius 3 is 2.35 bits per heavy atom. The lowest BCUT2D eigenvalue weighted by molar-refractivity contribution is 0.0825. The monoisotopic (exact) mass is 478 g/mol. The highest BCUT2D eigenvalue weighted by Crippen LogP contribution is 2.38. The van der Waals surface area contributed by atoms with Gasteiger partial charge in [0.15, 0.2) is 0 Å². The van der Waals surface area contributed by atoms with Crippen LogP contribution in [0.5, 0.6) is 5.75 Å². The molecule has 5 heteroatoms. The zero-order chi connectivity index (χ0) is 21.4. The number of nitrogens with one attached hydrogen (secondary N) is 1. The summed E-state index contributed by atoms with van der Waals surface area (Å²) in [5.74, 6) is 0.588. The van der Waals surface area contributed by atoms with Gasteiger partial charge in [0.05, 0.1) is 12.7 Å². The second kappa shape index (κ2) is 8.64. The Bertz CT molecular complexity index is 1090. The minimum Gasteiger partial charge on any atom is -0.495 e. The fourth-order valence-electron chi connectivity index (χ4n) is 5.40. The maximum atomic E-state index is 13.3. The average molecular weight is 479 g/mol. The molecule has 2 heterocycles. The minimum atomic E-state index is -0.0517. The number of amides is 1. The first-order chi connectivity index (χ1) is 15.1. The van der Waals surface area contributed by atoms with Crippen LogP contribution in [0.2, 0.25) is 0 Å². The predicted molar refractivity (Wildman–Crippen MR) is 127 cm³/mol. The van der Waals surface area contributed by atoms with Crippen LogP contribution in [0.3, 0.4) is 0 Å². The number of fused-ring (bicyclic) bond motifs is 3. The highest BCUT2D eigenvalue weighted by atomic mass is 79.9. The Hall–Kier alpha value is -2.37. The summed E-state index contributed by atoms with van der Waals surface area (Å²) in [7, 11) is 1.63. The van der Waals surface area contributed by atoms with Gasteiger partial charge in [-0.15, -0.1) is 0 Å². The summed E-state index contributed by atoms with van der Waals surface area (Å²) in [6, 6.07) is 21.9. The number of ether oxygens (including phenoxy) is 1. The molecule has 2 bridgehead atoms. The highest BCUT2D eigenvalue weighted by Gasteiger charge is 2.41. The van der Waals surface area contributed by atoms with Crippen molar-refractivity contribution in [3.05, 3.63) is 76.3 Å². The molecule has 1 N–H and O–H groups in total. The van der Waals surface area contributed by atoms with E-state index in [0.717, 1.165) is 34.6 Å². The first kappa shape index (κ1) is 20.5. The number of nitrogens with zero attached hydrogens (tertiary/aromatic N) is 1. The van der Waals surface area contributed by atoms with Crippen molar-refractivity contribution in [1.29, 1.82) is 0 Å². The maximum Gasteiger partial charge on any atom is 0.255 e. The van der Waals surface area contributed by atoms with E-state index in [2.05, 4.69) is 56.5 Å². The van der Waals surface area contributed by atoms with Crippen molar-refractivity contribution >= 4 is 32.6 Å². The molecule has 0 aromatic heterocycles. The third-order valence-corrected chi connectivity index (χ3v) is 7.48. The summed E-state index contributed by atoms with van der Waals surface area (Å²) < 4.78 is 6.58. The maximum absolute atomic E-state index is 13.3. The van der Waals surface area contributed by atoms with Crippen LogP contribution in [0.15, 0.2) is 65.1 Å². The van der Waals surface area contributed by atoms with Crippen molar-refractivity contribution < 1.29 is 9.53 Å². The van der Waals surface area contributed by atoms with Crippen LogP contribution in [-0.2, 0) is 6.54 Å². The standard InChI is InChI=1S/C26H27BrN2O2/c1-31-25-22-10-6-5-9-21(22)24(27)15-23(25)26(30)28-18-13-19-11-12-20(14-18)29(19)16-17-7-3-2-4-8-17/h2-10,15,18-20H,11-14,16H2,1H3,(H,28,30). The molecule has 2 saturated heterocycles. The summed E-state index contributed by atoms with van der Waals surface area (Å²) in [6.07, 6.45) is 4.45. The van der Waals surface area contributed by atoms with Crippen LogP contribution < -0.4 is 10.1 Å². The second-order valence-corrected chi connectivity index (χ2v) is 9.52. The van der Waals surface area contributed by atoms with E-state index in [1.54, 1.807) is 7.11 Å². The zero-order valence-corrected chi connectivity index (χ0v) is 19.3. The molecule has 0 spiro atoms. The molecule has 3 aromatic rings. The van der Waals surface area contributed by atoms with Gasteiger partial charge in [-0.2, -0.15) is 0 Å². The molecule has 0 aliphatic carbocycles. The molecular formula is C26H27BrN2O2. The number of benzene rings is 3. The molecule has 3 aromatic carbocycles. The molecule has 0 saturated carbocycles. The molecule has 2 aliphatic heterocycles. The summed E-state index contributed by atoms with van der Waals surface area (Å²) >= 11 is 3.63. The van der Waals surface area contributed by atoms with Crippen molar-refractivity contribution in [2.45, 2.75) is 50.4 Å². The molecule has 2 unspecified atom stereocenters. The fraction of sp³-hybridized carbons (Fsp3) is 0.346. The van der Waals surface area contributed by atoms with Crippen molar-refractivity contribution in [1.82, 2.24) is 10.2 Å². The van der Waals surface area contributed by atoms with E-state index < -0.39 is 0 Å². The van der Waals surface area contributed by atoms with Gasteiger partial charge in [-0.25, -0.2) is 0 Å². The predicted octanol–water partition coefficient (Wildman–Crippen LogP) is 5.54. The molecule has 2 atom stereocenters. The molecule has 0 radical (unpaired) electrons. The van der Waals surface area contributed by atoms with Crippen molar-refractivity contribution in [2.24, 2.45) is 0 Å².